The van der Waals surface area contributed by atoms with E-state index in [0.717, 1.165) is 11.3 Å². The first kappa shape index (κ1) is 19.9. The molecule has 3 aromatic rings. The molecule has 144 valence electrons. The smallest absolute Gasteiger partial charge is 0.265 e. The average molecular weight is 413 g/mol. The molecule has 0 aliphatic carbocycles. The van der Waals surface area contributed by atoms with Gasteiger partial charge in [-0.3, -0.25) is 14.6 Å². The van der Waals surface area contributed by atoms with Crippen molar-refractivity contribution in [3.05, 3.63) is 76.2 Å². The van der Waals surface area contributed by atoms with Crippen LogP contribution in [0.2, 0.25) is 0 Å². The Morgan fingerprint density at radius 2 is 1.96 bits per heavy atom. The van der Waals surface area contributed by atoms with E-state index in [4.69, 9.17) is 0 Å². The van der Waals surface area contributed by atoms with E-state index in [0.29, 0.717) is 29.1 Å². The molecule has 0 saturated heterocycles. The summed E-state index contributed by atoms with van der Waals surface area (Å²) in [5.41, 5.74) is 3.15. The molecular weight excluding hydrogens is 392 g/mol. The van der Waals surface area contributed by atoms with Crippen LogP contribution in [0, 0.1) is 0 Å². The molecule has 2 aromatic heterocycles. The number of benzene rings is 1. The lowest BCUT2D eigenvalue weighted by Crippen LogP contribution is -2.25. The second-order valence-electron chi connectivity index (χ2n) is 5.91. The summed E-state index contributed by atoms with van der Waals surface area (Å²) in [6, 6.07) is 12.9. The van der Waals surface area contributed by atoms with Crippen LogP contribution < -0.4 is 15.4 Å². The Hall–Kier alpha value is -2.84. The highest BCUT2D eigenvalue weighted by Gasteiger charge is 2.14. The van der Waals surface area contributed by atoms with Crippen molar-refractivity contribution in [3.63, 3.8) is 0 Å². The summed E-state index contributed by atoms with van der Waals surface area (Å²) in [5, 5.41) is 7.42. The highest BCUT2D eigenvalue weighted by Crippen LogP contribution is 2.20. The van der Waals surface area contributed by atoms with Gasteiger partial charge in [0, 0.05) is 41.9 Å². The number of amides is 2. The topological polar surface area (TPSA) is 83.1 Å². The predicted molar refractivity (Wildman–Crippen MR) is 116 cm³/mol. The van der Waals surface area contributed by atoms with E-state index < -0.39 is 0 Å². The van der Waals surface area contributed by atoms with Gasteiger partial charge in [-0.1, -0.05) is 24.1 Å². The standard InChI is InChI=1S/C20H20N4O2S2/c1-27-24-17-6-2-5-16(11-17)23-20(26)18-10-15(13-28-18)19(25)22-9-7-14-4-3-8-21-12-14/h2-6,8,10-13,24H,7,9H2,1H3,(H,22,25)(H,23,26). The fraction of sp³-hybridized carbons (Fsp3) is 0.150. The summed E-state index contributed by atoms with van der Waals surface area (Å²) in [6.45, 7) is 0.511. The highest BCUT2D eigenvalue weighted by molar-refractivity contribution is 7.99. The van der Waals surface area contributed by atoms with Gasteiger partial charge in [-0.25, -0.2) is 0 Å². The number of hydrogen-bond donors (Lipinski definition) is 3. The van der Waals surface area contributed by atoms with Crippen LogP contribution >= 0.6 is 23.3 Å². The van der Waals surface area contributed by atoms with Crippen LogP contribution in [0.3, 0.4) is 0 Å². The predicted octanol–water partition coefficient (Wildman–Crippen LogP) is 4.06. The summed E-state index contributed by atoms with van der Waals surface area (Å²) in [4.78, 5) is 29.3. The van der Waals surface area contributed by atoms with Crippen molar-refractivity contribution in [1.29, 1.82) is 0 Å². The first-order valence-electron chi connectivity index (χ1n) is 8.62. The summed E-state index contributed by atoms with van der Waals surface area (Å²) in [7, 11) is 0. The van der Waals surface area contributed by atoms with Gasteiger partial charge < -0.3 is 15.4 Å². The Labute approximate surface area is 171 Å². The molecule has 3 N–H and O–H groups in total. The van der Waals surface area contributed by atoms with Gasteiger partial charge in [-0.15, -0.1) is 11.3 Å². The number of aromatic nitrogens is 1. The minimum Gasteiger partial charge on any atom is -0.352 e. The van der Waals surface area contributed by atoms with Crippen molar-refractivity contribution in [2.45, 2.75) is 6.42 Å². The van der Waals surface area contributed by atoms with Crippen LogP contribution in [0.4, 0.5) is 11.4 Å². The Morgan fingerprint density at radius 1 is 1.11 bits per heavy atom. The zero-order valence-corrected chi connectivity index (χ0v) is 16.9. The van der Waals surface area contributed by atoms with Gasteiger partial charge in [0.25, 0.3) is 11.8 Å². The zero-order chi connectivity index (χ0) is 19.8. The molecule has 0 atom stereocenters. The van der Waals surface area contributed by atoms with Crippen LogP contribution in [0.1, 0.15) is 25.6 Å². The molecule has 2 heterocycles. The third-order valence-electron chi connectivity index (χ3n) is 3.85. The number of carbonyl (C=O) groups is 2. The second-order valence-corrected chi connectivity index (χ2v) is 7.43. The molecule has 0 bridgehead atoms. The van der Waals surface area contributed by atoms with Crippen LogP contribution in [-0.2, 0) is 6.42 Å². The molecule has 28 heavy (non-hydrogen) atoms. The molecule has 0 saturated carbocycles. The molecule has 0 aliphatic rings. The van der Waals surface area contributed by atoms with E-state index in [2.05, 4.69) is 20.3 Å². The minimum absolute atomic E-state index is 0.189. The van der Waals surface area contributed by atoms with Gasteiger partial charge in [0.2, 0.25) is 0 Å². The van der Waals surface area contributed by atoms with E-state index >= 15 is 0 Å². The number of thiophene rings is 1. The lowest BCUT2D eigenvalue weighted by Gasteiger charge is -2.07. The number of hydrogen-bond acceptors (Lipinski definition) is 6. The van der Waals surface area contributed by atoms with Crippen LogP contribution in [0.25, 0.3) is 0 Å². The maximum absolute atomic E-state index is 12.5. The van der Waals surface area contributed by atoms with Gasteiger partial charge in [-0.2, -0.15) is 0 Å². The van der Waals surface area contributed by atoms with Gasteiger partial charge in [0.1, 0.15) is 0 Å². The Bertz CT molecular complexity index is 944. The Kier molecular flexibility index (Phi) is 7.05. The molecule has 0 spiro atoms. The van der Waals surface area contributed by atoms with Crippen molar-refractivity contribution < 1.29 is 9.59 Å². The lowest BCUT2D eigenvalue weighted by atomic mass is 10.2. The molecule has 8 heteroatoms. The lowest BCUT2D eigenvalue weighted by molar-refractivity contribution is 0.0954. The molecule has 1 aromatic carbocycles. The molecule has 6 nitrogen and oxygen atoms in total. The molecule has 0 unspecified atom stereocenters. The van der Waals surface area contributed by atoms with E-state index in [1.165, 1.54) is 23.3 Å². The van der Waals surface area contributed by atoms with Crippen molar-refractivity contribution in [1.82, 2.24) is 10.3 Å². The van der Waals surface area contributed by atoms with Gasteiger partial charge >= 0.3 is 0 Å². The highest BCUT2D eigenvalue weighted by atomic mass is 32.2. The first-order chi connectivity index (χ1) is 13.7. The van der Waals surface area contributed by atoms with E-state index in [9.17, 15) is 9.59 Å². The summed E-state index contributed by atoms with van der Waals surface area (Å²) in [5.74, 6) is -0.425. The van der Waals surface area contributed by atoms with Crippen LogP contribution in [0.15, 0.2) is 60.2 Å². The summed E-state index contributed by atoms with van der Waals surface area (Å²) in [6.07, 6.45) is 6.14. The number of nitrogens with one attached hydrogen (secondary N) is 3. The number of carbonyl (C=O) groups excluding carboxylic acids is 2. The maximum Gasteiger partial charge on any atom is 0.265 e. The molecule has 2 amide bonds. The zero-order valence-electron chi connectivity index (χ0n) is 15.3. The second kappa shape index (κ2) is 9.91. The van der Waals surface area contributed by atoms with Gasteiger partial charge in [0.05, 0.1) is 10.4 Å². The summed E-state index contributed by atoms with van der Waals surface area (Å²) < 4.78 is 3.12. The molecular formula is C20H20N4O2S2. The SMILES string of the molecule is CSNc1cccc(NC(=O)c2cc(C(=O)NCCc3cccnc3)cs2)c1. The van der Waals surface area contributed by atoms with E-state index in [1.807, 2.05) is 42.7 Å². The third-order valence-corrected chi connectivity index (χ3v) is 5.22. The molecule has 0 fully saturated rings. The molecule has 3 rings (SSSR count). The van der Waals surface area contributed by atoms with Gasteiger partial charge in [0.15, 0.2) is 0 Å². The van der Waals surface area contributed by atoms with E-state index in [1.54, 1.807) is 23.8 Å². The first-order valence-corrected chi connectivity index (χ1v) is 10.7. The number of rotatable bonds is 8. The van der Waals surface area contributed by atoms with Crippen molar-refractivity contribution in [2.75, 3.05) is 22.8 Å². The summed E-state index contributed by atoms with van der Waals surface area (Å²) >= 11 is 2.73. The average Bonchev–Trinajstić information content (AvgIpc) is 3.20. The van der Waals surface area contributed by atoms with Crippen molar-refractivity contribution >= 4 is 46.5 Å². The third kappa shape index (κ3) is 5.58. The van der Waals surface area contributed by atoms with Crippen LogP contribution in [-0.4, -0.2) is 29.6 Å². The quantitative estimate of drug-likeness (QED) is 0.486. The minimum atomic E-state index is -0.235. The Balaban J connectivity index is 1.54. The molecule has 0 radical (unpaired) electrons. The van der Waals surface area contributed by atoms with Crippen molar-refractivity contribution in [3.8, 4) is 0 Å². The normalized spacial score (nSPS) is 10.3. The fourth-order valence-corrected chi connectivity index (χ4v) is 3.66. The fourth-order valence-electron chi connectivity index (χ4n) is 2.51. The van der Waals surface area contributed by atoms with E-state index in [-0.39, 0.29) is 11.8 Å². The number of nitrogens with zero attached hydrogens (tertiary/aromatic N) is 1. The van der Waals surface area contributed by atoms with Crippen LogP contribution in [0.5, 0.6) is 0 Å². The number of anilines is 2. The monoisotopic (exact) mass is 412 g/mol. The molecule has 0 aliphatic heterocycles. The number of pyridine rings is 1. The Morgan fingerprint density at radius 3 is 2.75 bits per heavy atom. The van der Waals surface area contributed by atoms with Gasteiger partial charge in [-0.05, 0) is 42.3 Å². The largest absolute Gasteiger partial charge is 0.352 e. The maximum atomic E-state index is 12.5. The van der Waals surface area contributed by atoms with Crippen molar-refractivity contribution in [2.24, 2.45) is 0 Å².